The highest BCUT2D eigenvalue weighted by atomic mass is 32.2. The molecule has 1 amide bonds. The Labute approximate surface area is 156 Å². The van der Waals surface area contributed by atoms with Crippen LogP contribution in [0.4, 0.5) is 0 Å². The number of nitrogens with zero attached hydrogens (tertiary/aromatic N) is 1. The van der Waals surface area contributed by atoms with E-state index in [4.69, 9.17) is 0 Å². The van der Waals surface area contributed by atoms with Crippen molar-refractivity contribution in [1.29, 1.82) is 0 Å². The van der Waals surface area contributed by atoms with Crippen LogP contribution in [-0.2, 0) is 15.6 Å². The van der Waals surface area contributed by atoms with Crippen LogP contribution < -0.4 is 0 Å². The monoisotopic (exact) mass is 361 g/mol. The molecule has 1 aromatic rings. The number of hydrogen-bond acceptors (Lipinski definition) is 3. The molecule has 4 heteroatoms. The van der Waals surface area contributed by atoms with E-state index in [0.29, 0.717) is 11.5 Å². The summed E-state index contributed by atoms with van der Waals surface area (Å²) < 4.78 is 0. The second-order valence-corrected chi connectivity index (χ2v) is 9.78. The second kappa shape index (κ2) is 7.06. The molecule has 1 saturated heterocycles. The third kappa shape index (κ3) is 4.41. The maximum absolute atomic E-state index is 12.1. The molecule has 1 heterocycles. The van der Waals surface area contributed by atoms with Gasteiger partial charge in [0.1, 0.15) is 5.75 Å². The topological polar surface area (TPSA) is 40.5 Å². The number of aromatic hydroxyl groups is 1. The van der Waals surface area contributed by atoms with Crippen LogP contribution >= 0.6 is 11.8 Å². The van der Waals surface area contributed by atoms with E-state index in [9.17, 15) is 9.90 Å². The van der Waals surface area contributed by atoms with Gasteiger partial charge in [-0.2, -0.15) is 0 Å². The molecular formula is C21H31NO2S. The fourth-order valence-electron chi connectivity index (χ4n) is 3.02. The Kier molecular flexibility index (Phi) is 5.62. The molecule has 1 N–H and O–H groups in total. The minimum Gasteiger partial charge on any atom is -0.507 e. The molecule has 0 aliphatic carbocycles. The Morgan fingerprint density at radius 2 is 1.64 bits per heavy atom. The van der Waals surface area contributed by atoms with Crippen molar-refractivity contribution in [3.8, 4) is 5.75 Å². The molecule has 3 nitrogen and oxygen atoms in total. The highest BCUT2D eigenvalue weighted by Crippen LogP contribution is 2.41. The molecule has 2 rings (SSSR count). The maximum atomic E-state index is 12.1. The molecule has 138 valence electrons. The van der Waals surface area contributed by atoms with Gasteiger partial charge in [0.25, 0.3) is 0 Å². The number of rotatable bonds is 3. The predicted molar refractivity (Wildman–Crippen MR) is 108 cm³/mol. The lowest BCUT2D eigenvalue weighted by atomic mass is 9.78. The third-order valence-electron chi connectivity index (χ3n) is 4.40. The summed E-state index contributed by atoms with van der Waals surface area (Å²) in [6, 6.07) is 4.12. The normalized spacial score (nSPS) is 17.6. The minimum atomic E-state index is -0.152. The molecule has 0 spiro atoms. The first-order valence-corrected chi connectivity index (χ1v) is 9.96. The number of phenols is 1. The number of carbonyl (C=O) groups is 1. The fourth-order valence-corrected chi connectivity index (χ4v) is 4.01. The van der Waals surface area contributed by atoms with Gasteiger partial charge < -0.3 is 10.0 Å². The molecule has 0 saturated carbocycles. The molecule has 0 unspecified atom stereocenters. The van der Waals surface area contributed by atoms with Crippen LogP contribution in [0.15, 0.2) is 17.2 Å². The first-order valence-electron chi connectivity index (χ1n) is 8.98. The van der Waals surface area contributed by atoms with E-state index < -0.39 is 0 Å². The van der Waals surface area contributed by atoms with Crippen molar-refractivity contribution in [1.82, 2.24) is 4.90 Å². The Balaban J connectivity index is 2.58. The highest BCUT2D eigenvalue weighted by molar-refractivity contribution is 8.04. The van der Waals surface area contributed by atoms with E-state index >= 15 is 0 Å². The number of amides is 1. The quantitative estimate of drug-likeness (QED) is 0.797. The molecule has 25 heavy (non-hydrogen) atoms. The van der Waals surface area contributed by atoms with Crippen LogP contribution in [0.1, 0.15) is 71.6 Å². The average Bonchev–Trinajstić information content (AvgIpc) is 2.80. The molecule has 0 radical (unpaired) electrons. The summed E-state index contributed by atoms with van der Waals surface area (Å²) in [6.07, 6.45) is 3.04. The van der Waals surface area contributed by atoms with Crippen molar-refractivity contribution in [3.63, 3.8) is 0 Å². The van der Waals surface area contributed by atoms with Crippen LogP contribution in [0.25, 0.3) is 6.08 Å². The third-order valence-corrected chi connectivity index (χ3v) is 5.42. The zero-order valence-electron chi connectivity index (χ0n) is 16.6. The van der Waals surface area contributed by atoms with Crippen LogP contribution in [0.2, 0.25) is 0 Å². The Morgan fingerprint density at radius 3 is 2.08 bits per heavy atom. The van der Waals surface area contributed by atoms with Crippen LogP contribution in [0.3, 0.4) is 0 Å². The Hall–Kier alpha value is -1.42. The lowest BCUT2D eigenvalue weighted by Gasteiger charge is -2.28. The Bertz CT molecular complexity index is 658. The molecule has 1 aromatic carbocycles. The van der Waals surface area contributed by atoms with Crippen LogP contribution in [-0.4, -0.2) is 28.2 Å². The van der Waals surface area contributed by atoms with Gasteiger partial charge in [-0.1, -0.05) is 60.2 Å². The van der Waals surface area contributed by atoms with E-state index in [1.807, 2.05) is 4.90 Å². The first-order chi connectivity index (χ1) is 11.4. The fraction of sp³-hybridized carbons (Fsp3) is 0.571. The number of benzene rings is 1. The summed E-state index contributed by atoms with van der Waals surface area (Å²) >= 11 is 1.60. The van der Waals surface area contributed by atoms with Gasteiger partial charge in [0, 0.05) is 17.7 Å². The van der Waals surface area contributed by atoms with Crippen molar-refractivity contribution < 1.29 is 9.90 Å². The van der Waals surface area contributed by atoms with Gasteiger partial charge in [-0.25, -0.2) is 0 Å². The standard InChI is InChI=1S/C21H31NO2S/c1-8-9-22-17(23)13-25-18(22)12-14-10-15(20(2,3)4)19(24)16(11-14)21(5,6)7/h10-12,24H,8-9,13H2,1-7H3. The zero-order chi connectivity index (χ0) is 19.0. The van der Waals surface area contributed by atoms with Gasteiger partial charge >= 0.3 is 0 Å². The van der Waals surface area contributed by atoms with Crippen molar-refractivity contribution in [2.45, 2.75) is 65.7 Å². The van der Waals surface area contributed by atoms with Crippen molar-refractivity contribution >= 4 is 23.7 Å². The van der Waals surface area contributed by atoms with E-state index in [1.54, 1.807) is 11.8 Å². The summed E-state index contributed by atoms with van der Waals surface area (Å²) in [6.45, 7) is 15.5. The molecule has 0 atom stereocenters. The first kappa shape index (κ1) is 19.9. The van der Waals surface area contributed by atoms with Crippen molar-refractivity contribution in [3.05, 3.63) is 33.9 Å². The van der Waals surface area contributed by atoms with Gasteiger partial charge in [0.15, 0.2) is 0 Å². The van der Waals surface area contributed by atoms with E-state index in [1.165, 1.54) is 0 Å². The molecule has 1 aliphatic rings. The maximum Gasteiger partial charge on any atom is 0.237 e. The zero-order valence-corrected chi connectivity index (χ0v) is 17.4. The van der Waals surface area contributed by atoms with Crippen molar-refractivity contribution in [2.75, 3.05) is 12.3 Å². The number of carbonyl (C=O) groups excluding carboxylic acids is 1. The van der Waals surface area contributed by atoms with E-state index in [0.717, 1.165) is 34.7 Å². The minimum absolute atomic E-state index is 0.152. The van der Waals surface area contributed by atoms with E-state index in [2.05, 4.69) is 66.7 Å². The van der Waals surface area contributed by atoms with Gasteiger partial charge in [-0.15, -0.1) is 0 Å². The number of hydrogen-bond donors (Lipinski definition) is 1. The van der Waals surface area contributed by atoms with Gasteiger partial charge in [0.05, 0.1) is 10.8 Å². The summed E-state index contributed by atoms with van der Waals surface area (Å²) in [7, 11) is 0. The predicted octanol–water partition coefficient (Wildman–Crippen LogP) is 5.27. The van der Waals surface area contributed by atoms with Gasteiger partial charge in [0.2, 0.25) is 5.91 Å². The van der Waals surface area contributed by atoms with Gasteiger partial charge in [-0.05, 0) is 41.0 Å². The average molecular weight is 362 g/mol. The smallest absolute Gasteiger partial charge is 0.237 e. The largest absolute Gasteiger partial charge is 0.507 e. The van der Waals surface area contributed by atoms with Crippen molar-refractivity contribution in [2.24, 2.45) is 0 Å². The van der Waals surface area contributed by atoms with Crippen LogP contribution in [0.5, 0.6) is 5.75 Å². The molecular weight excluding hydrogens is 330 g/mol. The number of thioether (sulfide) groups is 1. The molecule has 0 aromatic heterocycles. The summed E-state index contributed by atoms with van der Waals surface area (Å²) in [4.78, 5) is 14.0. The lowest BCUT2D eigenvalue weighted by Crippen LogP contribution is -2.25. The second-order valence-electron chi connectivity index (χ2n) is 8.78. The summed E-state index contributed by atoms with van der Waals surface area (Å²) in [5.74, 6) is 1.09. The highest BCUT2D eigenvalue weighted by Gasteiger charge is 2.28. The lowest BCUT2D eigenvalue weighted by molar-refractivity contribution is -0.125. The van der Waals surface area contributed by atoms with E-state index in [-0.39, 0.29) is 16.7 Å². The number of phenolic OH excluding ortho intramolecular Hbond substituents is 1. The Morgan fingerprint density at radius 1 is 1.12 bits per heavy atom. The summed E-state index contributed by atoms with van der Waals surface area (Å²) in [5, 5.41) is 11.8. The SMILES string of the molecule is CCCN1C(=O)CSC1=Cc1cc(C(C)(C)C)c(O)c(C(C)(C)C)c1. The molecule has 1 fully saturated rings. The molecule has 0 bridgehead atoms. The van der Waals surface area contributed by atoms with Crippen LogP contribution in [0, 0.1) is 0 Å². The summed E-state index contributed by atoms with van der Waals surface area (Å²) in [5.41, 5.74) is 2.64. The molecule has 1 aliphatic heterocycles. The van der Waals surface area contributed by atoms with Gasteiger partial charge in [-0.3, -0.25) is 4.79 Å².